The van der Waals surface area contributed by atoms with Gasteiger partial charge in [-0.3, -0.25) is 15.0 Å². The van der Waals surface area contributed by atoms with Gasteiger partial charge in [-0.15, -0.1) is 0 Å². The summed E-state index contributed by atoms with van der Waals surface area (Å²) in [7, 11) is 2.14. The van der Waals surface area contributed by atoms with Gasteiger partial charge in [0, 0.05) is 44.4 Å². The minimum absolute atomic E-state index is 0.158. The van der Waals surface area contributed by atoms with Gasteiger partial charge in [-0.05, 0) is 19.5 Å². The van der Waals surface area contributed by atoms with Crippen molar-refractivity contribution in [2.45, 2.75) is 19.5 Å². The third-order valence-electron chi connectivity index (χ3n) is 3.50. The first-order chi connectivity index (χ1) is 8.56. The summed E-state index contributed by atoms with van der Waals surface area (Å²) in [6, 6.07) is 7.39. The number of rotatable bonds is 3. The third-order valence-corrected chi connectivity index (χ3v) is 3.50. The highest BCUT2D eigenvalue weighted by molar-refractivity contribution is 5.32. The van der Waals surface area contributed by atoms with Crippen molar-refractivity contribution in [1.29, 1.82) is 0 Å². The Hall–Kier alpha value is -1.46. The minimum Gasteiger partial charge on any atom is -0.304 e. The lowest BCUT2D eigenvalue weighted by Crippen LogP contribution is -2.49. The van der Waals surface area contributed by atoms with Crippen molar-refractivity contribution in [3.63, 3.8) is 0 Å². The van der Waals surface area contributed by atoms with Crippen LogP contribution in [0.5, 0.6) is 0 Å². The van der Waals surface area contributed by atoms with E-state index in [-0.39, 0.29) is 10.6 Å². The fraction of sp³-hybridized carbons (Fsp3) is 0.538. The van der Waals surface area contributed by atoms with E-state index in [9.17, 15) is 10.1 Å². The first kappa shape index (κ1) is 13.0. The molecule has 18 heavy (non-hydrogen) atoms. The summed E-state index contributed by atoms with van der Waals surface area (Å²) >= 11 is 0. The fourth-order valence-corrected chi connectivity index (χ4v) is 2.37. The zero-order valence-electron chi connectivity index (χ0n) is 10.9. The second-order valence-electron chi connectivity index (χ2n) is 5.01. The van der Waals surface area contributed by atoms with Crippen molar-refractivity contribution < 1.29 is 4.92 Å². The molecule has 5 nitrogen and oxygen atoms in total. The number of hydrogen-bond donors (Lipinski definition) is 0. The molecule has 1 fully saturated rings. The van der Waals surface area contributed by atoms with E-state index in [1.54, 1.807) is 12.1 Å². The van der Waals surface area contributed by atoms with Crippen LogP contribution in [0.15, 0.2) is 24.3 Å². The summed E-state index contributed by atoms with van der Waals surface area (Å²) in [5.74, 6) is 0. The first-order valence-corrected chi connectivity index (χ1v) is 6.22. The van der Waals surface area contributed by atoms with Crippen molar-refractivity contribution in [3.8, 4) is 0 Å². The molecule has 1 aliphatic rings. The monoisotopic (exact) mass is 249 g/mol. The molecule has 1 aromatic carbocycles. The van der Waals surface area contributed by atoms with Crippen molar-refractivity contribution in [3.05, 3.63) is 39.9 Å². The van der Waals surface area contributed by atoms with E-state index >= 15 is 0 Å². The van der Waals surface area contributed by atoms with Gasteiger partial charge in [-0.25, -0.2) is 0 Å². The van der Waals surface area contributed by atoms with Gasteiger partial charge in [0.2, 0.25) is 0 Å². The molecule has 0 saturated carbocycles. The molecule has 0 N–H and O–H groups in total. The summed E-state index contributed by atoms with van der Waals surface area (Å²) in [5, 5.41) is 10.6. The van der Waals surface area contributed by atoms with Crippen LogP contribution in [0.3, 0.4) is 0 Å². The van der Waals surface area contributed by atoms with Gasteiger partial charge in [0.25, 0.3) is 5.69 Å². The maximum atomic E-state index is 10.6. The molecule has 1 heterocycles. The lowest BCUT2D eigenvalue weighted by atomic mass is 10.1. The lowest BCUT2D eigenvalue weighted by Gasteiger charge is -2.38. The number of benzene rings is 1. The van der Waals surface area contributed by atoms with Crippen molar-refractivity contribution in [2.75, 3.05) is 26.7 Å². The van der Waals surface area contributed by atoms with Crippen LogP contribution in [0, 0.1) is 10.1 Å². The summed E-state index contributed by atoms with van der Waals surface area (Å²) < 4.78 is 0. The van der Waals surface area contributed by atoms with Crippen LogP contribution in [-0.4, -0.2) is 47.4 Å². The van der Waals surface area contributed by atoms with E-state index in [0.29, 0.717) is 6.04 Å². The molecule has 0 aromatic heterocycles. The van der Waals surface area contributed by atoms with E-state index in [0.717, 1.165) is 31.7 Å². The van der Waals surface area contributed by atoms with Crippen LogP contribution in [-0.2, 0) is 6.54 Å². The molecule has 1 unspecified atom stereocenters. The maximum absolute atomic E-state index is 10.6. The Morgan fingerprint density at radius 3 is 2.56 bits per heavy atom. The van der Waals surface area contributed by atoms with Gasteiger partial charge in [-0.1, -0.05) is 12.1 Å². The summed E-state index contributed by atoms with van der Waals surface area (Å²) in [4.78, 5) is 15.0. The number of piperazine rings is 1. The van der Waals surface area contributed by atoms with Gasteiger partial charge >= 0.3 is 0 Å². The molecule has 1 atom stereocenters. The smallest absolute Gasteiger partial charge is 0.269 e. The predicted octanol–water partition coefficient (Wildman–Crippen LogP) is 1.73. The molecule has 2 rings (SSSR count). The second kappa shape index (κ2) is 5.46. The number of nitro benzene ring substituents is 1. The van der Waals surface area contributed by atoms with E-state index in [1.165, 1.54) is 0 Å². The SMILES string of the molecule is CC1CN(C)CCN1Cc1ccc([N+](=O)[O-])cc1. The highest BCUT2D eigenvalue weighted by Gasteiger charge is 2.21. The van der Waals surface area contributed by atoms with Crippen molar-refractivity contribution in [2.24, 2.45) is 0 Å². The van der Waals surface area contributed by atoms with Gasteiger partial charge < -0.3 is 4.90 Å². The number of nitro groups is 1. The van der Waals surface area contributed by atoms with Crippen LogP contribution in [0.4, 0.5) is 5.69 Å². The van der Waals surface area contributed by atoms with Crippen LogP contribution in [0.25, 0.3) is 0 Å². The molecule has 0 amide bonds. The molecule has 0 bridgehead atoms. The van der Waals surface area contributed by atoms with Crippen molar-refractivity contribution >= 4 is 5.69 Å². The fourth-order valence-electron chi connectivity index (χ4n) is 2.37. The van der Waals surface area contributed by atoms with Crippen LogP contribution >= 0.6 is 0 Å². The highest BCUT2D eigenvalue weighted by Crippen LogP contribution is 2.16. The Bertz CT molecular complexity index is 419. The molecule has 1 aromatic rings. The molecule has 0 radical (unpaired) electrons. The van der Waals surface area contributed by atoms with Crippen LogP contribution in [0.2, 0.25) is 0 Å². The molecular weight excluding hydrogens is 230 g/mol. The standard InChI is InChI=1S/C13H19N3O2/c1-11-9-14(2)7-8-15(11)10-12-3-5-13(6-4-12)16(17)18/h3-6,11H,7-10H2,1-2H3. The third kappa shape index (κ3) is 3.05. The molecule has 98 valence electrons. The van der Waals surface area contributed by atoms with E-state index < -0.39 is 0 Å². The van der Waals surface area contributed by atoms with Gasteiger partial charge in [0.05, 0.1) is 4.92 Å². The largest absolute Gasteiger partial charge is 0.304 e. The average Bonchev–Trinajstić information content (AvgIpc) is 2.33. The zero-order valence-corrected chi connectivity index (χ0v) is 10.9. The van der Waals surface area contributed by atoms with E-state index in [2.05, 4.69) is 23.8 Å². The predicted molar refractivity (Wildman–Crippen MR) is 70.5 cm³/mol. The number of non-ortho nitro benzene ring substituents is 1. The van der Waals surface area contributed by atoms with Crippen LogP contribution < -0.4 is 0 Å². The zero-order chi connectivity index (χ0) is 13.1. The maximum Gasteiger partial charge on any atom is 0.269 e. The van der Waals surface area contributed by atoms with E-state index in [1.807, 2.05) is 12.1 Å². The van der Waals surface area contributed by atoms with E-state index in [4.69, 9.17) is 0 Å². The Morgan fingerprint density at radius 1 is 1.33 bits per heavy atom. The summed E-state index contributed by atoms with van der Waals surface area (Å²) in [6.07, 6.45) is 0. The number of hydrogen-bond acceptors (Lipinski definition) is 4. The lowest BCUT2D eigenvalue weighted by molar-refractivity contribution is -0.384. The normalized spacial score (nSPS) is 22.0. The highest BCUT2D eigenvalue weighted by atomic mass is 16.6. The molecule has 5 heteroatoms. The number of nitrogens with zero attached hydrogens (tertiary/aromatic N) is 3. The Balaban J connectivity index is 1.99. The minimum atomic E-state index is -0.359. The quantitative estimate of drug-likeness (QED) is 0.604. The van der Waals surface area contributed by atoms with Crippen LogP contribution in [0.1, 0.15) is 12.5 Å². The molecular formula is C13H19N3O2. The summed E-state index contributed by atoms with van der Waals surface area (Å²) in [5.41, 5.74) is 1.29. The van der Waals surface area contributed by atoms with Gasteiger partial charge in [0.15, 0.2) is 0 Å². The Kier molecular flexibility index (Phi) is 3.93. The van der Waals surface area contributed by atoms with Gasteiger partial charge in [-0.2, -0.15) is 0 Å². The number of likely N-dealkylation sites (N-methyl/N-ethyl adjacent to an activating group) is 1. The van der Waals surface area contributed by atoms with Gasteiger partial charge in [0.1, 0.15) is 0 Å². The first-order valence-electron chi connectivity index (χ1n) is 6.22. The summed E-state index contributed by atoms with van der Waals surface area (Å²) in [6.45, 7) is 6.30. The Labute approximate surface area is 107 Å². The molecule has 1 aliphatic heterocycles. The second-order valence-corrected chi connectivity index (χ2v) is 5.01. The molecule has 0 spiro atoms. The molecule has 0 aliphatic carbocycles. The Morgan fingerprint density at radius 2 is 2.00 bits per heavy atom. The average molecular weight is 249 g/mol. The van der Waals surface area contributed by atoms with Crippen molar-refractivity contribution in [1.82, 2.24) is 9.80 Å². The topological polar surface area (TPSA) is 49.6 Å². The molecule has 1 saturated heterocycles.